The molecule has 0 aromatic heterocycles. The molecular weight excluding hydrogens is 303 g/mol. The molecule has 0 aliphatic rings. The van der Waals surface area contributed by atoms with Gasteiger partial charge in [-0.25, -0.2) is 9.78 Å². The summed E-state index contributed by atoms with van der Waals surface area (Å²) in [5, 5.41) is 0. The van der Waals surface area contributed by atoms with Crippen molar-refractivity contribution in [3.8, 4) is 0 Å². The fourth-order valence-corrected chi connectivity index (χ4v) is 1.15. The molecule has 0 heterocycles. The summed E-state index contributed by atoms with van der Waals surface area (Å²) < 4.78 is 0.320. The summed E-state index contributed by atoms with van der Waals surface area (Å²) in [6, 6.07) is 0. The van der Waals surface area contributed by atoms with Gasteiger partial charge in [0.2, 0.25) is 0 Å². The summed E-state index contributed by atoms with van der Waals surface area (Å²) in [7, 11) is 0. The highest BCUT2D eigenvalue weighted by Gasteiger charge is 2.26. The van der Waals surface area contributed by atoms with Gasteiger partial charge in [0.1, 0.15) is 0 Å². The molecule has 0 aliphatic carbocycles. The first-order valence-corrected chi connectivity index (χ1v) is 6.55. The first kappa shape index (κ1) is 15.7. The van der Waals surface area contributed by atoms with Crippen molar-refractivity contribution in [2.75, 3.05) is 0 Å². The number of rotatable bonds is 5. The summed E-state index contributed by atoms with van der Waals surface area (Å²) in [6.45, 7) is 14.6. The third kappa shape index (κ3) is 10.9. The molecule has 0 spiro atoms. The van der Waals surface area contributed by atoms with Gasteiger partial charge >= 0.3 is 0 Å². The molecule has 0 aromatic carbocycles. The summed E-state index contributed by atoms with van der Waals surface area (Å²) in [6.07, 6.45) is 2.12. The van der Waals surface area contributed by atoms with Crippen LogP contribution in [0.2, 0.25) is 0 Å². The third-order valence-corrected chi connectivity index (χ3v) is 2.38. The normalized spacial score (nSPS) is 14.4. The second-order valence-electron chi connectivity index (χ2n) is 6.26. The van der Waals surface area contributed by atoms with Gasteiger partial charge in [-0.2, -0.15) is 0 Å². The van der Waals surface area contributed by atoms with E-state index in [1.165, 1.54) is 0 Å². The Morgan fingerprint density at radius 3 is 1.60 bits per heavy atom. The van der Waals surface area contributed by atoms with Gasteiger partial charge in [-0.15, -0.1) is 0 Å². The van der Waals surface area contributed by atoms with Gasteiger partial charge in [0, 0.05) is 3.42 Å². The molecule has 0 rings (SSSR count). The predicted octanol–water partition coefficient (Wildman–Crippen LogP) is 4.51. The van der Waals surface area contributed by atoms with Crippen molar-refractivity contribution in [2.24, 2.45) is 0 Å². The van der Waals surface area contributed by atoms with Crippen LogP contribution >= 0.6 is 22.6 Å². The zero-order valence-electron chi connectivity index (χ0n) is 11.1. The highest BCUT2D eigenvalue weighted by Crippen LogP contribution is 2.29. The second kappa shape index (κ2) is 5.32. The number of hydrogen-bond acceptors (Lipinski definition) is 2. The molecule has 0 bridgehead atoms. The van der Waals surface area contributed by atoms with Crippen molar-refractivity contribution in [3.63, 3.8) is 0 Å². The average molecular weight is 328 g/mol. The average Bonchev–Trinajstić information content (AvgIpc) is 1.96. The van der Waals surface area contributed by atoms with Crippen LogP contribution in [-0.4, -0.2) is 14.6 Å². The van der Waals surface area contributed by atoms with Crippen LogP contribution in [0.1, 0.15) is 61.3 Å². The van der Waals surface area contributed by atoms with Crippen molar-refractivity contribution in [1.82, 2.24) is 0 Å². The van der Waals surface area contributed by atoms with Crippen LogP contribution < -0.4 is 0 Å². The number of alkyl halides is 1. The fraction of sp³-hybridized carbons (Fsp3) is 1.00. The highest BCUT2D eigenvalue weighted by atomic mass is 127. The van der Waals surface area contributed by atoms with Crippen molar-refractivity contribution >= 4 is 22.6 Å². The van der Waals surface area contributed by atoms with Crippen LogP contribution in [0.5, 0.6) is 0 Å². The lowest BCUT2D eigenvalue weighted by molar-refractivity contribution is -0.398. The first-order valence-electron chi connectivity index (χ1n) is 5.47. The summed E-state index contributed by atoms with van der Waals surface area (Å²) in [5.41, 5.74) is -0.452. The van der Waals surface area contributed by atoms with Gasteiger partial charge in [0.15, 0.2) is 0 Å². The van der Waals surface area contributed by atoms with Gasteiger partial charge in [-0.05, 0) is 47.5 Å². The van der Waals surface area contributed by atoms with Crippen molar-refractivity contribution < 1.29 is 9.78 Å². The van der Waals surface area contributed by atoms with E-state index in [2.05, 4.69) is 50.3 Å². The Bertz CT molecular complexity index is 167. The predicted molar refractivity (Wildman–Crippen MR) is 73.3 cm³/mol. The molecule has 0 aromatic rings. The monoisotopic (exact) mass is 328 g/mol. The highest BCUT2D eigenvalue weighted by molar-refractivity contribution is 14.1. The lowest BCUT2D eigenvalue weighted by Gasteiger charge is -2.30. The molecule has 0 atom stereocenters. The molecule has 3 heteroatoms. The van der Waals surface area contributed by atoms with Gasteiger partial charge < -0.3 is 0 Å². The maximum Gasteiger partial charge on any atom is 0.0980 e. The van der Waals surface area contributed by atoms with Crippen LogP contribution in [0, 0.1) is 0 Å². The molecule has 0 saturated heterocycles. The molecule has 0 unspecified atom stereocenters. The molecule has 0 amide bonds. The van der Waals surface area contributed by atoms with Gasteiger partial charge in [-0.3, -0.25) is 0 Å². The molecule has 2 nitrogen and oxygen atoms in total. The Balaban J connectivity index is 3.98. The Hall–Kier alpha value is 0.650. The zero-order chi connectivity index (χ0) is 12.3. The summed E-state index contributed by atoms with van der Waals surface area (Å²) in [5.74, 6) is 0. The first-order chi connectivity index (χ1) is 6.41. The standard InChI is InChI=1S/C12H25IO2/c1-10(2,3)14-15-12(6,7)9-8-11(4,5)13/h8-9H2,1-7H3. The number of halogens is 1. The lowest BCUT2D eigenvalue weighted by Crippen LogP contribution is -2.32. The van der Waals surface area contributed by atoms with E-state index in [9.17, 15) is 0 Å². The molecule has 0 aliphatic heterocycles. The summed E-state index contributed by atoms with van der Waals surface area (Å²) >= 11 is 2.46. The van der Waals surface area contributed by atoms with Crippen LogP contribution in [-0.2, 0) is 9.78 Å². The maximum atomic E-state index is 5.49. The Labute approximate surface area is 108 Å². The smallest absolute Gasteiger partial charge is 0.0980 e. The second-order valence-corrected chi connectivity index (χ2v) is 9.18. The number of hydrogen-bond donors (Lipinski definition) is 0. The van der Waals surface area contributed by atoms with E-state index in [1.807, 2.05) is 20.8 Å². The molecular formula is C12H25IO2. The zero-order valence-corrected chi connectivity index (χ0v) is 13.3. The van der Waals surface area contributed by atoms with Crippen molar-refractivity contribution in [3.05, 3.63) is 0 Å². The van der Waals surface area contributed by atoms with Crippen molar-refractivity contribution in [1.29, 1.82) is 0 Å². The minimum absolute atomic E-state index is 0.213. The van der Waals surface area contributed by atoms with Gasteiger partial charge in [-0.1, -0.05) is 36.4 Å². The Kier molecular flexibility index (Phi) is 5.55. The van der Waals surface area contributed by atoms with Crippen LogP contribution in [0.15, 0.2) is 0 Å². The Morgan fingerprint density at radius 1 is 0.800 bits per heavy atom. The quantitative estimate of drug-likeness (QED) is 0.320. The lowest BCUT2D eigenvalue weighted by atomic mass is 9.97. The minimum Gasteiger partial charge on any atom is -0.230 e. The molecule has 0 fully saturated rings. The van der Waals surface area contributed by atoms with Crippen LogP contribution in [0.3, 0.4) is 0 Å². The van der Waals surface area contributed by atoms with E-state index in [0.717, 1.165) is 12.8 Å². The molecule has 92 valence electrons. The Morgan fingerprint density at radius 2 is 1.27 bits per heavy atom. The maximum absolute atomic E-state index is 5.49. The van der Waals surface area contributed by atoms with Crippen LogP contribution in [0.4, 0.5) is 0 Å². The van der Waals surface area contributed by atoms with Crippen LogP contribution in [0.25, 0.3) is 0 Å². The van der Waals surface area contributed by atoms with E-state index in [0.29, 0.717) is 3.42 Å². The molecule has 0 N–H and O–H groups in total. The molecule has 0 radical (unpaired) electrons. The van der Waals surface area contributed by atoms with E-state index < -0.39 is 0 Å². The fourth-order valence-electron chi connectivity index (χ4n) is 0.878. The van der Waals surface area contributed by atoms with E-state index in [-0.39, 0.29) is 11.2 Å². The van der Waals surface area contributed by atoms with Gasteiger partial charge in [0.25, 0.3) is 0 Å². The van der Waals surface area contributed by atoms with E-state index in [4.69, 9.17) is 9.78 Å². The summed E-state index contributed by atoms with van der Waals surface area (Å²) in [4.78, 5) is 10.8. The van der Waals surface area contributed by atoms with E-state index >= 15 is 0 Å². The SMILES string of the molecule is CC(C)(I)CCC(C)(C)OOC(C)(C)C. The largest absolute Gasteiger partial charge is 0.230 e. The minimum atomic E-state index is -0.239. The van der Waals surface area contributed by atoms with E-state index in [1.54, 1.807) is 0 Å². The topological polar surface area (TPSA) is 18.5 Å². The molecule has 15 heavy (non-hydrogen) atoms. The van der Waals surface area contributed by atoms with Gasteiger partial charge in [0.05, 0.1) is 11.2 Å². The third-order valence-electron chi connectivity index (χ3n) is 1.84. The van der Waals surface area contributed by atoms with Crippen molar-refractivity contribution in [2.45, 2.75) is 75.9 Å². The molecule has 0 saturated carbocycles.